The fourth-order valence-corrected chi connectivity index (χ4v) is 4.07. The Kier molecular flexibility index (Phi) is 5.66. The molecule has 0 fully saturated rings. The number of rotatable bonds is 6. The van der Waals surface area contributed by atoms with Crippen molar-refractivity contribution < 1.29 is 23.9 Å². The number of esters is 1. The second-order valence-corrected chi connectivity index (χ2v) is 7.56. The summed E-state index contributed by atoms with van der Waals surface area (Å²) in [6.45, 7) is 3.21. The maximum atomic E-state index is 12.4. The van der Waals surface area contributed by atoms with Gasteiger partial charge in [0.2, 0.25) is 0 Å². The Hall–Kier alpha value is -3.74. The van der Waals surface area contributed by atoms with E-state index in [1.54, 1.807) is 0 Å². The third-order valence-electron chi connectivity index (χ3n) is 5.56. The first-order chi connectivity index (χ1) is 15.0. The minimum Gasteiger partial charge on any atom is -0.452 e. The van der Waals surface area contributed by atoms with E-state index in [4.69, 9.17) is 4.74 Å². The lowest BCUT2D eigenvalue weighted by Gasteiger charge is -2.26. The number of hydrogen-bond acceptors (Lipinski definition) is 5. The summed E-state index contributed by atoms with van der Waals surface area (Å²) in [7, 11) is 0. The molecule has 0 bridgehead atoms. The Balaban J connectivity index is 1.38. The number of nitrogens with one attached hydrogen (secondary N) is 1. The van der Waals surface area contributed by atoms with E-state index in [9.17, 15) is 19.2 Å². The smallest absolute Gasteiger partial charge is 0.338 e. The van der Waals surface area contributed by atoms with Crippen LogP contribution in [0.5, 0.6) is 0 Å². The van der Waals surface area contributed by atoms with Crippen molar-refractivity contribution in [3.05, 3.63) is 82.9 Å². The van der Waals surface area contributed by atoms with Crippen LogP contribution in [0.4, 0.5) is 0 Å². The minimum atomic E-state index is -0.732. The zero-order valence-corrected chi connectivity index (χ0v) is 16.9. The summed E-state index contributed by atoms with van der Waals surface area (Å²) in [6.07, 6.45) is 4.26. The fourth-order valence-electron chi connectivity index (χ4n) is 4.07. The van der Waals surface area contributed by atoms with Crippen molar-refractivity contribution >= 4 is 23.7 Å². The topological polar surface area (TPSA) is 92.8 Å². The first-order valence-corrected chi connectivity index (χ1v) is 10.1. The molecule has 0 unspecified atom stereocenters. The lowest BCUT2D eigenvalue weighted by molar-refractivity contribution is -0.125. The van der Waals surface area contributed by atoms with Crippen molar-refractivity contribution in [1.29, 1.82) is 0 Å². The molecule has 7 heteroatoms. The van der Waals surface area contributed by atoms with Crippen LogP contribution < -0.4 is 5.32 Å². The summed E-state index contributed by atoms with van der Waals surface area (Å²) in [5, 5.41) is 2.93. The van der Waals surface area contributed by atoms with Gasteiger partial charge in [-0.15, -0.1) is 6.58 Å². The van der Waals surface area contributed by atoms with E-state index < -0.39 is 24.4 Å². The second-order valence-electron chi connectivity index (χ2n) is 7.56. The van der Waals surface area contributed by atoms with Gasteiger partial charge >= 0.3 is 5.97 Å². The Morgan fingerprint density at radius 1 is 1.13 bits per heavy atom. The van der Waals surface area contributed by atoms with Gasteiger partial charge in [-0.05, 0) is 48.6 Å². The van der Waals surface area contributed by atoms with Crippen LogP contribution in [0, 0.1) is 0 Å². The van der Waals surface area contributed by atoms with Gasteiger partial charge in [0.1, 0.15) is 0 Å². The van der Waals surface area contributed by atoms with Crippen molar-refractivity contribution in [1.82, 2.24) is 10.2 Å². The van der Waals surface area contributed by atoms with Crippen molar-refractivity contribution in [3.63, 3.8) is 0 Å². The lowest BCUT2D eigenvalue weighted by atomic mass is 9.88. The van der Waals surface area contributed by atoms with Gasteiger partial charge in [0, 0.05) is 6.54 Å². The molecule has 1 N–H and O–H groups in total. The van der Waals surface area contributed by atoms with Crippen LogP contribution in [-0.4, -0.2) is 41.7 Å². The number of nitrogens with zero attached hydrogens (tertiary/aromatic N) is 1. The predicted octanol–water partition coefficient (Wildman–Crippen LogP) is 2.82. The van der Waals surface area contributed by atoms with E-state index in [-0.39, 0.29) is 35.2 Å². The van der Waals surface area contributed by atoms with Crippen LogP contribution in [0.2, 0.25) is 0 Å². The van der Waals surface area contributed by atoms with Crippen LogP contribution in [-0.2, 0) is 16.0 Å². The number of ether oxygens (including phenoxy) is 1. The summed E-state index contributed by atoms with van der Waals surface area (Å²) in [5.74, 6) is -2.03. The average Bonchev–Trinajstić information content (AvgIpc) is 3.02. The van der Waals surface area contributed by atoms with E-state index in [1.807, 2.05) is 18.2 Å². The summed E-state index contributed by atoms with van der Waals surface area (Å²) >= 11 is 0. The van der Waals surface area contributed by atoms with Gasteiger partial charge in [0.15, 0.2) is 6.61 Å². The summed E-state index contributed by atoms with van der Waals surface area (Å²) < 4.78 is 5.14. The van der Waals surface area contributed by atoms with Gasteiger partial charge in [-0.25, -0.2) is 4.79 Å². The third-order valence-corrected chi connectivity index (χ3v) is 5.56. The molecular formula is C24H22N2O5. The number of imide groups is 1. The van der Waals surface area contributed by atoms with Gasteiger partial charge in [0.25, 0.3) is 17.7 Å². The summed E-state index contributed by atoms with van der Waals surface area (Å²) in [4.78, 5) is 50.5. The molecule has 2 aliphatic rings. The molecule has 2 aromatic carbocycles. The number of fused-ring (bicyclic) bond motifs is 2. The number of carbonyl (C=O) groups excluding carboxylic acids is 4. The molecule has 2 aromatic rings. The number of hydrogen-bond donors (Lipinski definition) is 1. The van der Waals surface area contributed by atoms with E-state index in [0.29, 0.717) is 0 Å². The molecule has 31 heavy (non-hydrogen) atoms. The van der Waals surface area contributed by atoms with Crippen LogP contribution >= 0.6 is 0 Å². The normalized spacial score (nSPS) is 17.0. The Morgan fingerprint density at radius 3 is 2.71 bits per heavy atom. The zero-order valence-electron chi connectivity index (χ0n) is 16.9. The quantitative estimate of drug-likeness (QED) is 0.442. The van der Waals surface area contributed by atoms with E-state index in [1.165, 1.54) is 29.8 Å². The maximum Gasteiger partial charge on any atom is 0.338 e. The molecule has 0 saturated heterocycles. The summed E-state index contributed by atoms with van der Waals surface area (Å²) in [6, 6.07) is 12.1. The molecule has 1 aliphatic carbocycles. The zero-order chi connectivity index (χ0) is 22.0. The molecule has 4 rings (SSSR count). The van der Waals surface area contributed by atoms with E-state index in [2.05, 4.69) is 18.0 Å². The first-order valence-electron chi connectivity index (χ1n) is 10.1. The molecule has 158 valence electrons. The molecule has 1 atom stereocenters. The molecule has 0 radical (unpaired) electrons. The molecule has 1 heterocycles. The SMILES string of the molecule is C=CCN1C(=O)c2ccc(C(=O)OCC(=O)N[C@H]3CCCc4ccccc43)cc2C1=O. The molecule has 3 amide bonds. The number of benzene rings is 2. The largest absolute Gasteiger partial charge is 0.452 e. The molecule has 0 aromatic heterocycles. The highest BCUT2D eigenvalue weighted by atomic mass is 16.5. The summed E-state index contributed by atoms with van der Waals surface area (Å²) in [5.41, 5.74) is 2.80. The number of amides is 3. The van der Waals surface area contributed by atoms with Crippen molar-refractivity contribution in [3.8, 4) is 0 Å². The molecule has 1 aliphatic heterocycles. The van der Waals surface area contributed by atoms with Gasteiger partial charge in [-0.3, -0.25) is 19.3 Å². The predicted molar refractivity (Wildman–Crippen MR) is 113 cm³/mol. The third kappa shape index (κ3) is 3.99. The van der Waals surface area contributed by atoms with Crippen LogP contribution in [0.3, 0.4) is 0 Å². The van der Waals surface area contributed by atoms with Gasteiger partial charge < -0.3 is 10.1 Å². The minimum absolute atomic E-state index is 0.0938. The van der Waals surface area contributed by atoms with Gasteiger partial charge in [-0.2, -0.15) is 0 Å². The fraction of sp³-hybridized carbons (Fsp3) is 0.250. The molecule has 7 nitrogen and oxygen atoms in total. The lowest BCUT2D eigenvalue weighted by Crippen LogP contribution is -2.34. The molecular weight excluding hydrogens is 396 g/mol. The van der Waals surface area contributed by atoms with E-state index in [0.717, 1.165) is 29.7 Å². The standard InChI is InChI=1S/C24H22N2O5/c1-2-12-26-22(28)18-11-10-16(13-19(18)23(26)29)24(30)31-14-21(27)25-20-9-5-7-15-6-3-4-8-17(15)20/h2-4,6,8,10-11,13,20H,1,5,7,9,12,14H2,(H,25,27)/t20-/m0/s1. The Labute approximate surface area is 179 Å². The van der Waals surface area contributed by atoms with Gasteiger partial charge in [-0.1, -0.05) is 30.3 Å². The van der Waals surface area contributed by atoms with Crippen LogP contribution in [0.25, 0.3) is 0 Å². The highest BCUT2D eigenvalue weighted by molar-refractivity contribution is 6.22. The monoisotopic (exact) mass is 418 g/mol. The average molecular weight is 418 g/mol. The van der Waals surface area contributed by atoms with Crippen molar-refractivity contribution in [2.24, 2.45) is 0 Å². The highest BCUT2D eigenvalue weighted by Gasteiger charge is 2.35. The van der Waals surface area contributed by atoms with Crippen molar-refractivity contribution in [2.45, 2.75) is 25.3 Å². The van der Waals surface area contributed by atoms with E-state index >= 15 is 0 Å². The van der Waals surface area contributed by atoms with Crippen LogP contribution in [0.15, 0.2) is 55.1 Å². The Morgan fingerprint density at radius 2 is 1.90 bits per heavy atom. The second kappa shape index (κ2) is 8.55. The van der Waals surface area contributed by atoms with Crippen molar-refractivity contribution in [2.75, 3.05) is 13.2 Å². The number of carbonyl (C=O) groups is 4. The molecule has 0 saturated carbocycles. The van der Waals surface area contributed by atoms with Crippen LogP contribution in [0.1, 0.15) is 61.1 Å². The number of aryl methyl sites for hydroxylation is 1. The maximum absolute atomic E-state index is 12.4. The first kappa shape index (κ1) is 20.5. The highest BCUT2D eigenvalue weighted by Crippen LogP contribution is 2.29. The molecule has 0 spiro atoms. The van der Waals surface area contributed by atoms with Gasteiger partial charge in [0.05, 0.1) is 22.7 Å². The Bertz CT molecular complexity index is 1090.